The van der Waals surface area contributed by atoms with E-state index in [2.05, 4.69) is 46.6 Å². The van der Waals surface area contributed by atoms with Gasteiger partial charge in [0.25, 0.3) is 0 Å². The molecule has 0 aliphatic heterocycles. The van der Waals surface area contributed by atoms with E-state index in [-0.39, 0.29) is 0 Å². The van der Waals surface area contributed by atoms with E-state index in [1.54, 1.807) is 11.3 Å². The molecular weight excluding hydrogens is 296 g/mol. The first kappa shape index (κ1) is 13.5. The highest BCUT2D eigenvalue weighted by Gasteiger charge is 2.30. The van der Waals surface area contributed by atoms with Gasteiger partial charge in [-0.05, 0) is 70.0 Å². The summed E-state index contributed by atoms with van der Waals surface area (Å²) in [6.45, 7) is 4.72. The predicted molar refractivity (Wildman–Crippen MR) is 77.8 cm³/mol. The molecule has 1 aromatic rings. The number of halogens is 1. The van der Waals surface area contributed by atoms with Crippen LogP contribution in [0.1, 0.15) is 44.7 Å². The lowest BCUT2D eigenvalue weighted by Gasteiger charge is -2.36. The van der Waals surface area contributed by atoms with E-state index in [0.717, 1.165) is 11.8 Å². The van der Waals surface area contributed by atoms with Gasteiger partial charge in [-0.25, -0.2) is 0 Å². The first-order chi connectivity index (χ1) is 8.10. The number of nitrogens with one attached hydrogen (secondary N) is 1. The molecule has 1 saturated carbocycles. The largest absolute Gasteiger partial charge is 0.271 e. The van der Waals surface area contributed by atoms with Crippen LogP contribution in [0.4, 0.5) is 0 Å². The van der Waals surface area contributed by atoms with Gasteiger partial charge in [0, 0.05) is 6.04 Å². The molecule has 3 unspecified atom stereocenters. The molecule has 1 aromatic heterocycles. The first-order valence-corrected chi connectivity index (χ1v) is 7.97. The van der Waals surface area contributed by atoms with Gasteiger partial charge in [0.1, 0.15) is 0 Å². The van der Waals surface area contributed by atoms with Crippen molar-refractivity contribution in [1.82, 2.24) is 5.43 Å². The molecule has 3 N–H and O–H groups in total. The lowest BCUT2D eigenvalue weighted by molar-refractivity contribution is 0.177. The van der Waals surface area contributed by atoms with Gasteiger partial charge in [0.15, 0.2) is 0 Å². The van der Waals surface area contributed by atoms with Crippen LogP contribution in [0.3, 0.4) is 0 Å². The second kappa shape index (κ2) is 5.83. The molecule has 96 valence electrons. The number of thiophene rings is 1. The molecule has 0 bridgehead atoms. The molecule has 1 aliphatic carbocycles. The topological polar surface area (TPSA) is 38.0 Å². The number of rotatable bonds is 3. The summed E-state index contributed by atoms with van der Waals surface area (Å²) in [5.41, 5.74) is 4.36. The van der Waals surface area contributed by atoms with E-state index >= 15 is 0 Å². The van der Waals surface area contributed by atoms with Crippen LogP contribution in [-0.4, -0.2) is 0 Å². The summed E-state index contributed by atoms with van der Waals surface area (Å²) in [7, 11) is 0. The van der Waals surface area contributed by atoms with Crippen molar-refractivity contribution >= 4 is 27.3 Å². The molecule has 4 heteroatoms. The summed E-state index contributed by atoms with van der Waals surface area (Å²) in [5, 5.41) is 2.21. The van der Waals surface area contributed by atoms with Crippen LogP contribution in [0.15, 0.2) is 15.2 Å². The predicted octanol–water partition coefficient (Wildman–Crippen LogP) is 4.09. The molecule has 0 radical (unpaired) electrons. The Labute approximate surface area is 116 Å². The zero-order valence-electron chi connectivity index (χ0n) is 10.4. The minimum Gasteiger partial charge on any atom is -0.271 e. The molecule has 1 heterocycles. The Hall–Kier alpha value is 0.100. The average Bonchev–Trinajstić information content (AvgIpc) is 2.64. The average molecular weight is 317 g/mol. The summed E-state index contributed by atoms with van der Waals surface area (Å²) < 4.78 is 1.18. The van der Waals surface area contributed by atoms with Crippen molar-refractivity contribution in [2.75, 3.05) is 0 Å². The lowest BCUT2D eigenvalue weighted by Crippen LogP contribution is -2.36. The van der Waals surface area contributed by atoms with Crippen LogP contribution < -0.4 is 11.3 Å². The van der Waals surface area contributed by atoms with Gasteiger partial charge in [0.2, 0.25) is 0 Å². The molecule has 2 rings (SSSR count). The van der Waals surface area contributed by atoms with E-state index < -0.39 is 0 Å². The van der Waals surface area contributed by atoms with Gasteiger partial charge in [0.05, 0.1) is 3.79 Å². The van der Waals surface area contributed by atoms with E-state index in [4.69, 9.17) is 5.84 Å². The van der Waals surface area contributed by atoms with Crippen molar-refractivity contribution < 1.29 is 0 Å². The fourth-order valence-corrected chi connectivity index (χ4v) is 4.48. The Balaban J connectivity index is 2.12. The smallest absolute Gasteiger partial charge is 0.0701 e. The summed E-state index contributed by atoms with van der Waals surface area (Å²) >= 11 is 5.26. The highest BCUT2D eigenvalue weighted by atomic mass is 79.9. The van der Waals surface area contributed by atoms with Crippen molar-refractivity contribution in [2.45, 2.75) is 39.2 Å². The fourth-order valence-electron chi connectivity index (χ4n) is 3.27. The van der Waals surface area contributed by atoms with Crippen molar-refractivity contribution in [3.8, 4) is 0 Å². The monoisotopic (exact) mass is 316 g/mol. The molecule has 0 saturated heterocycles. The van der Waals surface area contributed by atoms with Crippen LogP contribution in [0.5, 0.6) is 0 Å². The number of hydrazine groups is 1. The third-order valence-corrected chi connectivity index (χ3v) is 5.34. The van der Waals surface area contributed by atoms with Crippen molar-refractivity contribution in [3.05, 3.63) is 20.8 Å². The summed E-state index contributed by atoms with van der Waals surface area (Å²) in [6, 6.07) is 2.50. The maximum Gasteiger partial charge on any atom is 0.0701 e. The summed E-state index contributed by atoms with van der Waals surface area (Å²) in [5.74, 6) is 8.08. The lowest BCUT2D eigenvalue weighted by atomic mass is 9.73. The van der Waals surface area contributed by atoms with Crippen molar-refractivity contribution in [2.24, 2.45) is 23.6 Å². The Morgan fingerprint density at radius 3 is 2.47 bits per heavy atom. The Kier molecular flexibility index (Phi) is 4.64. The minimum atomic E-state index is 0.308. The van der Waals surface area contributed by atoms with Gasteiger partial charge in [-0.1, -0.05) is 13.8 Å². The van der Waals surface area contributed by atoms with Crippen LogP contribution >= 0.6 is 27.3 Å². The second-order valence-corrected chi connectivity index (χ2v) is 7.80. The molecule has 1 fully saturated rings. The normalized spacial score (nSPS) is 31.4. The fraction of sp³-hybridized carbons (Fsp3) is 0.692. The van der Waals surface area contributed by atoms with Crippen LogP contribution in [0, 0.1) is 17.8 Å². The van der Waals surface area contributed by atoms with Crippen LogP contribution in [0.2, 0.25) is 0 Å². The number of hydrogen-bond acceptors (Lipinski definition) is 3. The third kappa shape index (κ3) is 3.31. The Morgan fingerprint density at radius 1 is 1.35 bits per heavy atom. The summed E-state index contributed by atoms with van der Waals surface area (Å²) in [4.78, 5) is 0. The highest BCUT2D eigenvalue weighted by Crippen LogP contribution is 2.40. The van der Waals surface area contributed by atoms with Gasteiger partial charge >= 0.3 is 0 Å². The van der Waals surface area contributed by atoms with Crippen molar-refractivity contribution in [1.29, 1.82) is 0 Å². The Morgan fingerprint density at radius 2 is 2.00 bits per heavy atom. The van der Waals surface area contributed by atoms with Crippen molar-refractivity contribution in [3.63, 3.8) is 0 Å². The molecule has 1 aliphatic rings. The molecule has 2 nitrogen and oxygen atoms in total. The molecule has 0 aromatic carbocycles. The number of hydrogen-bond donors (Lipinski definition) is 2. The van der Waals surface area contributed by atoms with Crippen LogP contribution in [0.25, 0.3) is 0 Å². The number of nitrogens with two attached hydrogens (primary N) is 1. The maximum absolute atomic E-state index is 5.78. The van der Waals surface area contributed by atoms with E-state index in [1.807, 2.05) is 0 Å². The maximum atomic E-state index is 5.78. The minimum absolute atomic E-state index is 0.308. The molecule has 0 amide bonds. The quantitative estimate of drug-likeness (QED) is 0.651. The van der Waals surface area contributed by atoms with Gasteiger partial charge in [-0.15, -0.1) is 11.3 Å². The van der Waals surface area contributed by atoms with Gasteiger partial charge < -0.3 is 0 Å². The zero-order chi connectivity index (χ0) is 12.4. The van der Waals surface area contributed by atoms with Gasteiger partial charge in [-0.3, -0.25) is 11.3 Å². The Bertz CT molecular complexity index is 356. The van der Waals surface area contributed by atoms with Gasteiger partial charge in [-0.2, -0.15) is 0 Å². The van der Waals surface area contributed by atoms with E-state index in [9.17, 15) is 0 Å². The zero-order valence-corrected chi connectivity index (χ0v) is 12.9. The second-order valence-electron chi connectivity index (χ2n) is 5.51. The first-order valence-electron chi connectivity index (χ1n) is 6.30. The van der Waals surface area contributed by atoms with E-state index in [0.29, 0.717) is 12.0 Å². The SMILES string of the molecule is CC1CC(C)CC(C(NN)c2csc(Br)c2)C1. The standard InChI is InChI=1S/C13H21BrN2S/c1-8-3-9(2)5-10(4-8)13(16-15)11-6-12(14)17-7-11/h6-10,13,16H,3-5,15H2,1-2H3. The van der Waals surface area contributed by atoms with Crippen LogP contribution in [-0.2, 0) is 0 Å². The molecule has 3 atom stereocenters. The highest BCUT2D eigenvalue weighted by molar-refractivity contribution is 9.11. The molecule has 0 spiro atoms. The molecular formula is C13H21BrN2S. The molecule has 17 heavy (non-hydrogen) atoms. The van der Waals surface area contributed by atoms with E-state index in [1.165, 1.54) is 28.6 Å². The summed E-state index contributed by atoms with van der Waals surface area (Å²) in [6.07, 6.45) is 3.93. The third-order valence-electron chi connectivity index (χ3n) is 3.81.